The van der Waals surface area contributed by atoms with E-state index in [9.17, 15) is 9.59 Å². The molecule has 5 nitrogen and oxygen atoms in total. The van der Waals surface area contributed by atoms with Gasteiger partial charge in [0.15, 0.2) is 0 Å². The molecule has 2 atom stereocenters. The quantitative estimate of drug-likeness (QED) is 0.704. The third-order valence-electron chi connectivity index (χ3n) is 7.84. The topological polar surface area (TPSA) is 61.4 Å². The zero-order valence-electron chi connectivity index (χ0n) is 17.8. The lowest BCUT2D eigenvalue weighted by Crippen LogP contribution is -2.54. The van der Waals surface area contributed by atoms with Crippen molar-refractivity contribution in [3.05, 3.63) is 0 Å². The Hall–Kier alpha value is -1.10. The van der Waals surface area contributed by atoms with Crippen LogP contribution in [0.4, 0.5) is 0 Å². The smallest absolute Gasteiger partial charge is 0.226 e. The molecule has 5 aliphatic rings. The van der Waals surface area contributed by atoms with Gasteiger partial charge in [-0.15, -0.1) is 0 Å². The highest BCUT2D eigenvalue weighted by molar-refractivity contribution is 5.84. The molecule has 0 aromatic carbocycles. The van der Waals surface area contributed by atoms with Gasteiger partial charge in [0.05, 0.1) is 0 Å². The van der Waals surface area contributed by atoms with Crippen molar-refractivity contribution in [3.63, 3.8) is 0 Å². The fraction of sp³-hybridized carbons (Fsp3) is 0.913. The molecule has 1 aliphatic heterocycles. The Kier molecular flexibility index (Phi) is 6.01. The van der Waals surface area contributed by atoms with Crippen LogP contribution in [0.25, 0.3) is 0 Å². The monoisotopic (exact) mass is 389 g/mol. The van der Waals surface area contributed by atoms with Crippen LogP contribution in [0.2, 0.25) is 0 Å². The van der Waals surface area contributed by atoms with Crippen LogP contribution in [0.3, 0.4) is 0 Å². The minimum atomic E-state index is -0.108. The predicted molar refractivity (Wildman–Crippen MR) is 111 cm³/mol. The van der Waals surface area contributed by atoms with E-state index in [4.69, 9.17) is 0 Å². The van der Waals surface area contributed by atoms with Crippen molar-refractivity contribution in [3.8, 4) is 0 Å². The maximum Gasteiger partial charge on any atom is 0.226 e. The number of rotatable bonds is 7. The van der Waals surface area contributed by atoms with Crippen molar-refractivity contribution in [2.75, 3.05) is 26.2 Å². The largest absolute Gasteiger partial charge is 0.355 e. The maximum absolute atomic E-state index is 12.9. The summed E-state index contributed by atoms with van der Waals surface area (Å²) < 4.78 is 0. The standard InChI is InChI=1S/C23H39N3O2/c1-16-4-3-7-26(14-16)15-17(2)25-21(27)5-6-24-22(28)23-11-18-8-19(12-23)10-20(9-18)13-23/h16-20H,3-15H2,1-2H3,(H,24,28)(H,25,27). The van der Waals surface area contributed by atoms with Crippen LogP contribution >= 0.6 is 0 Å². The summed E-state index contributed by atoms with van der Waals surface area (Å²) in [4.78, 5) is 27.7. The van der Waals surface area contributed by atoms with Gasteiger partial charge in [-0.3, -0.25) is 9.59 Å². The second-order valence-electron chi connectivity index (χ2n) is 10.7. The number of piperidine rings is 1. The molecule has 4 aliphatic carbocycles. The Balaban J connectivity index is 1.17. The minimum Gasteiger partial charge on any atom is -0.355 e. The second kappa shape index (κ2) is 8.33. The Morgan fingerprint density at radius 2 is 1.75 bits per heavy atom. The van der Waals surface area contributed by atoms with Gasteiger partial charge in [-0.2, -0.15) is 0 Å². The average Bonchev–Trinajstić information content (AvgIpc) is 2.60. The SMILES string of the molecule is CC1CCCN(CC(C)NC(=O)CCNC(=O)C23CC4CC(CC(C4)C2)C3)C1. The van der Waals surface area contributed by atoms with E-state index in [0.717, 1.165) is 62.6 Å². The van der Waals surface area contributed by atoms with Crippen LogP contribution in [0, 0.1) is 29.1 Å². The van der Waals surface area contributed by atoms with Crippen LogP contribution in [-0.2, 0) is 9.59 Å². The maximum atomic E-state index is 12.9. The summed E-state index contributed by atoms with van der Waals surface area (Å²) in [6.07, 6.45) is 10.3. The molecule has 5 fully saturated rings. The summed E-state index contributed by atoms with van der Waals surface area (Å²) in [6.45, 7) is 8.08. The predicted octanol–water partition coefficient (Wildman–Crippen LogP) is 2.95. The molecule has 4 saturated carbocycles. The van der Waals surface area contributed by atoms with Gasteiger partial charge < -0.3 is 15.5 Å². The van der Waals surface area contributed by atoms with Crippen molar-refractivity contribution >= 4 is 11.8 Å². The van der Waals surface area contributed by atoms with Crippen molar-refractivity contribution in [1.82, 2.24) is 15.5 Å². The van der Waals surface area contributed by atoms with Crippen molar-refractivity contribution < 1.29 is 9.59 Å². The van der Waals surface area contributed by atoms with Crippen LogP contribution in [-0.4, -0.2) is 48.9 Å². The van der Waals surface area contributed by atoms with E-state index >= 15 is 0 Å². The first-order chi connectivity index (χ1) is 13.4. The normalized spacial score (nSPS) is 38.2. The van der Waals surface area contributed by atoms with E-state index in [0.29, 0.717) is 13.0 Å². The van der Waals surface area contributed by atoms with Gasteiger partial charge in [-0.25, -0.2) is 0 Å². The fourth-order valence-electron chi connectivity index (χ4n) is 7.10. The molecule has 2 N–H and O–H groups in total. The zero-order valence-corrected chi connectivity index (χ0v) is 17.8. The van der Waals surface area contributed by atoms with Crippen LogP contribution in [0.1, 0.15) is 71.6 Å². The van der Waals surface area contributed by atoms with Gasteiger partial charge >= 0.3 is 0 Å². The Labute approximate surface area is 170 Å². The third-order valence-corrected chi connectivity index (χ3v) is 7.84. The molecule has 1 heterocycles. The summed E-state index contributed by atoms with van der Waals surface area (Å²) in [5.74, 6) is 3.38. The molecule has 158 valence electrons. The lowest BCUT2D eigenvalue weighted by atomic mass is 9.49. The van der Waals surface area contributed by atoms with E-state index in [-0.39, 0.29) is 23.3 Å². The zero-order chi connectivity index (χ0) is 19.7. The highest BCUT2D eigenvalue weighted by atomic mass is 16.2. The summed E-state index contributed by atoms with van der Waals surface area (Å²) >= 11 is 0. The van der Waals surface area contributed by atoms with Gasteiger partial charge in [0.2, 0.25) is 11.8 Å². The lowest BCUT2D eigenvalue weighted by Gasteiger charge is -2.55. The van der Waals surface area contributed by atoms with Gasteiger partial charge in [0.25, 0.3) is 0 Å². The molecule has 0 aromatic rings. The summed E-state index contributed by atoms with van der Waals surface area (Å²) in [7, 11) is 0. The van der Waals surface area contributed by atoms with Crippen molar-refractivity contribution in [2.24, 2.45) is 29.1 Å². The first kappa shape index (κ1) is 20.2. The minimum absolute atomic E-state index is 0.0587. The van der Waals surface area contributed by atoms with E-state index in [1.165, 1.54) is 32.1 Å². The van der Waals surface area contributed by atoms with Crippen LogP contribution in [0.5, 0.6) is 0 Å². The molecule has 28 heavy (non-hydrogen) atoms. The summed E-state index contributed by atoms with van der Waals surface area (Å²) in [6, 6.07) is 0.164. The fourth-order valence-corrected chi connectivity index (χ4v) is 7.10. The molecule has 2 unspecified atom stereocenters. The first-order valence-corrected chi connectivity index (χ1v) is 11.7. The molecule has 0 aromatic heterocycles. The van der Waals surface area contributed by atoms with Crippen LogP contribution in [0.15, 0.2) is 0 Å². The molecule has 4 bridgehead atoms. The highest BCUT2D eigenvalue weighted by Crippen LogP contribution is 2.60. The second-order valence-corrected chi connectivity index (χ2v) is 10.7. The Bertz CT molecular complexity index is 555. The number of carbonyl (C=O) groups is 2. The number of amides is 2. The highest BCUT2D eigenvalue weighted by Gasteiger charge is 2.54. The van der Waals surface area contributed by atoms with Crippen LogP contribution < -0.4 is 10.6 Å². The average molecular weight is 390 g/mol. The number of hydrogen-bond donors (Lipinski definition) is 2. The Morgan fingerprint density at radius 1 is 1.11 bits per heavy atom. The van der Waals surface area contributed by atoms with E-state index in [1.807, 2.05) is 0 Å². The molecule has 0 spiro atoms. The number of nitrogens with one attached hydrogen (secondary N) is 2. The molecule has 5 rings (SSSR count). The Morgan fingerprint density at radius 3 is 2.36 bits per heavy atom. The number of likely N-dealkylation sites (tertiary alicyclic amines) is 1. The van der Waals surface area contributed by atoms with E-state index < -0.39 is 0 Å². The van der Waals surface area contributed by atoms with Gasteiger partial charge in [-0.05, 0) is 88.5 Å². The molecule has 2 amide bonds. The van der Waals surface area contributed by atoms with E-state index in [1.54, 1.807) is 0 Å². The van der Waals surface area contributed by atoms with Crippen molar-refractivity contribution in [1.29, 1.82) is 0 Å². The lowest BCUT2D eigenvalue weighted by molar-refractivity contribution is -0.146. The molecule has 0 radical (unpaired) electrons. The number of hydrogen-bond acceptors (Lipinski definition) is 3. The number of nitrogens with zero attached hydrogens (tertiary/aromatic N) is 1. The summed E-state index contributed by atoms with van der Waals surface area (Å²) in [5.41, 5.74) is -0.108. The molecular formula is C23H39N3O2. The molecular weight excluding hydrogens is 350 g/mol. The summed E-state index contributed by atoms with van der Waals surface area (Å²) in [5, 5.41) is 6.24. The molecule has 5 heteroatoms. The van der Waals surface area contributed by atoms with Gasteiger partial charge in [-0.1, -0.05) is 6.92 Å². The number of carbonyl (C=O) groups excluding carboxylic acids is 2. The van der Waals surface area contributed by atoms with Gasteiger partial charge in [0, 0.05) is 37.5 Å². The third kappa shape index (κ3) is 4.55. The van der Waals surface area contributed by atoms with Crippen molar-refractivity contribution in [2.45, 2.75) is 77.7 Å². The molecule has 1 saturated heterocycles. The van der Waals surface area contributed by atoms with Gasteiger partial charge in [0.1, 0.15) is 0 Å². The first-order valence-electron chi connectivity index (χ1n) is 11.7. The van der Waals surface area contributed by atoms with E-state index in [2.05, 4.69) is 29.4 Å².